The molecule has 2 amide bonds. The second kappa shape index (κ2) is 9.36. The Morgan fingerprint density at radius 1 is 1.22 bits per heavy atom. The van der Waals surface area contributed by atoms with Crippen molar-refractivity contribution in [3.05, 3.63) is 44.1 Å². The van der Waals surface area contributed by atoms with E-state index in [1.54, 1.807) is 11.1 Å². The average Bonchev–Trinajstić information content (AvgIpc) is 3.10. The fourth-order valence-electron chi connectivity index (χ4n) is 6.34. The number of aliphatic hydroxyl groups is 1. The van der Waals surface area contributed by atoms with Gasteiger partial charge in [0.25, 0.3) is 0 Å². The Balaban J connectivity index is 1.05. The average molecular weight is 637 g/mol. The van der Waals surface area contributed by atoms with Crippen molar-refractivity contribution >= 4 is 57.5 Å². The Bertz CT molecular complexity index is 1270. The lowest BCUT2D eigenvalue weighted by atomic mass is 9.73. The highest BCUT2D eigenvalue weighted by atomic mass is 127. The number of aryl methyl sites for hydroxylation is 1. The van der Waals surface area contributed by atoms with Crippen LogP contribution >= 0.6 is 34.2 Å². The zero-order valence-corrected chi connectivity index (χ0v) is 23.6. The fraction of sp³-hybridized carbons (Fsp3) is 0.519. The lowest BCUT2D eigenvalue weighted by Crippen LogP contribution is -2.57. The molecule has 2 N–H and O–H groups in total. The van der Waals surface area contributed by atoms with Gasteiger partial charge in [-0.1, -0.05) is 11.6 Å². The number of ether oxygens (including phenoxy) is 1. The number of hydrogen-bond acceptors (Lipinski definition) is 6. The maximum absolute atomic E-state index is 13.0. The summed E-state index contributed by atoms with van der Waals surface area (Å²) in [5.74, 6) is 1.56. The quantitative estimate of drug-likeness (QED) is 0.484. The number of rotatable bonds is 5. The van der Waals surface area contributed by atoms with E-state index in [0.717, 1.165) is 52.9 Å². The summed E-state index contributed by atoms with van der Waals surface area (Å²) >= 11 is 8.56. The molecule has 8 nitrogen and oxygen atoms in total. The number of carbonyl (C=O) groups excluding carboxylic acids is 2. The molecule has 3 aliphatic heterocycles. The summed E-state index contributed by atoms with van der Waals surface area (Å²) in [5, 5.41) is 13.9. The van der Waals surface area contributed by atoms with Gasteiger partial charge in [-0.3, -0.25) is 19.4 Å². The third-order valence-electron chi connectivity index (χ3n) is 8.37. The number of likely N-dealkylation sites (tertiary alicyclic amines) is 1. The van der Waals surface area contributed by atoms with Crippen LogP contribution < -0.4 is 15.0 Å². The lowest BCUT2D eigenvalue weighted by molar-refractivity contribution is -0.123. The van der Waals surface area contributed by atoms with Crippen LogP contribution in [0.2, 0.25) is 5.02 Å². The van der Waals surface area contributed by atoms with Crippen molar-refractivity contribution in [2.75, 3.05) is 36.5 Å². The summed E-state index contributed by atoms with van der Waals surface area (Å²) in [6.07, 6.45) is 5.45. The summed E-state index contributed by atoms with van der Waals surface area (Å²) in [4.78, 5) is 34.3. The second-order valence-electron chi connectivity index (χ2n) is 11.0. The molecule has 37 heavy (non-hydrogen) atoms. The minimum Gasteiger partial charge on any atom is -0.491 e. The van der Waals surface area contributed by atoms with Crippen LogP contribution in [0, 0.1) is 3.57 Å². The van der Waals surface area contributed by atoms with E-state index >= 15 is 0 Å². The number of halogens is 2. The third-order valence-corrected chi connectivity index (χ3v) is 9.44. The minimum absolute atomic E-state index is 0.0108. The Kier molecular flexibility index (Phi) is 6.41. The molecule has 0 radical (unpaired) electrons. The number of piperidine rings is 1. The van der Waals surface area contributed by atoms with E-state index in [9.17, 15) is 14.7 Å². The number of nitrogens with one attached hydrogen (secondary N) is 1. The maximum atomic E-state index is 13.0. The molecular weight excluding hydrogens is 607 g/mol. The van der Waals surface area contributed by atoms with E-state index in [4.69, 9.17) is 16.3 Å². The van der Waals surface area contributed by atoms with Gasteiger partial charge in [-0.25, -0.2) is 4.98 Å². The number of aromatic nitrogens is 1. The fourth-order valence-corrected chi connectivity index (χ4v) is 7.50. The molecule has 1 saturated heterocycles. The summed E-state index contributed by atoms with van der Waals surface area (Å²) in [6.45, 7) is 4.71. The zero-order valence-electron chi connectivity index (χ0n) is 20.7. The van der Waals surface area contributed by atoms with E-state index in [-0.39, 0.29) is 17.9 Å². The molecule has 1 saturated carbocycles. The second-order valence-corrected chi connectivity index (χ2v) is 12.6. The Labute approximate surface area is 234 Å². The molecule has 1 aromatic carbocycles. The first-order chi connectivity index (χ1) is 17.6. The van der Waals surface area contributed by atoms with Crippen molar-refractivity contribution in [3.63, 3.8) is 0 Å². The normalized spacial score (nSPS) is 26.5. The Morgan fingerprint density at radius 3 is 2.70 bits per heavy atom. The third kappa shape index (κ3) is 4.51. The molecule has 4 aliphatic rings. The molecule has 2 fully saturated rings. The van der Waals surface area contributed by atoms with E-state index < -0.39 is 11.0 Å². The number of carbonyl (C=O) groups is 2. The van der Waals surface area contributed by atoms with Crippen LogP contribution in [0.25, 0.3) is 0 Å². The molecule has 4 heterocycles. The molecular formula is C27H30ClIN4O4. The van der Waals surface area contributed by atoms with Gasteiger partial charge < -0.3 is 15.2 Å². The van der Waals surface area contributed by atoms with Crippen LogP contribution in [0.3, 0.4) is 0 Å². The van der Waals surface area contributed by atoms with Crippen LogP contribution in [-0.2, 0) is 21.4 Å². The van der Waals surface area contributed by atoms with Crippen molar-refractivity contribution < 1.29 is 19.4 Å². The van der Waals surface area contributed by atoms with Crippen LogP contribution in [0.15, 0.2) is 24.4 Å². The SMILES string of the molecule is C[C@]1(O)C[C@@H](N2C(=O)CCc3cc(OCCN4CCC5(CC4)C(=O)Nc4c(I)cc(Cl)cc45)cnc32)C1. The van der Waals surface area contributed by atoms with Gasteiger partial charge in [0.15, 0.2) is 0 Å². The highest BCUT2D eigenvalue weighted by Gasteiger charge is 2.49. The summed E-state index contributed by atoms with van der Waals surface area (Å²) < 4.78 is 7.03. The first-order valence-corrected chi connectivity index (χ1v) is 14.3. The van der Waals surface area contributed by atoms with Crippen molar-refractivity contribution in [2.24, 2.45) is 0 Å². The number of benzene rings is 1. The van der Waals surface area contributed by atoms with Crippen molar-refractivity contribution in [2.45, 2.75) is 62.5 Å². The van der Waals surface area contributed by atoms with E-state index in [0.29, 0.717) is 48.9 Å². The van der Waals surface area contributed by atoms with Gasteiger partial charge in [-0.15, -0.1) is 0 Å². The molecule has 2 aromatic rings. The lowest BCUT2D eigenvalue weighted by Gasteiger charge is -2.47. The number of amides is 2. The maximum Gasteiger partial charge on any atom is 0.235 e. The number of fused-ring (bicyclic) bond motifs is 3. The highest BCUT2D eigenvalue weighted by molar-refractivity contribution is 14.1. The zero-order chi connectivity index (χ0) is 25.9. The van der Waals surface area contributed by atoms with Gasteiger partial charge >= 0.3 is 0 Å². The van der Waals surface area contributed by atoms with Gasteiger partial charge in [-0.2, -0.15) is 0 Å². The molecule has 1 spiro atoms. The summed E-state index contributed by atoms with van der Waals surface area (Å²) in [7, 11) is 0. The monoisotopic (exact) mass is 636 g/mol. The topological polar surface area (TPSA) is 95.0 Å². The number of hydrogen-bond donors (Lipinski definition) is 2. The van der Waals surface area contributed by atoms with Crippen LogP contribution in [0.5, 0.6) is 5.75 Å². The van der Waals surface area contributed by atoms with Gasteiger partial charge in [0.05, 0.1) is 22.9 Å². The standard InChI is InChI=1S/C27H30ClIN4O4/c1-26(36)13-18(14-26)33-22(34)3-2-16-10-19(15-30-24(16)33)37-9-8-32-6-4-27(5-7-32)20-11-17(28)12-21(29)23(20)31-25(27)35/h10-12,15,18,36H,2-9,13-14H2,1H3,(H,31,35)/t18-,26+. The molecule has 1 aliphatic carbocycles. The van der Waals surface area contributed by atoms with Crippen molar-refractivity contribution in [1.29, 1.82) is 0 Å². The Hall–Kier alpha value is -1.95. The van der Waals surface area contributed by atoms with E-state index in [2.05, 4.69) is 37.8 Å². The molecule has 0 unspecified atom stereocenters. The molecule has 0 bridgehead atoms. The van der Waals surface area contributed by atoms with Crippen molar-refractivity contribution in [3.8, 4) is 5.75 Å². The Morgan fingerprint density at radius 2 is 1.97 bits per heavy atom. The van der Waals surface area contributed by atoms with Crippen LogP contribution in [0.4, 0.5) is 11.5 Å². The van der Waals surface area contributed by atoms with Gasteiger partial charge in [0.2, 0.25) is 11.8 Å². The predicted molar refractivity (Wildman–Crippen MR) is 149 cm³/mol. The molecule has 6 rings (SSSR count). The van der Waals surface area contributed by atoms with E-state index in [1.807, 2.05) is 25.1 Å². The number of pyridine rings is 1. The summed E-state index contributed by atoms with van der Waals surface area (Å²) in [5.41, 5.74) is 1.76. The number of nitrogens with zero attached hydrogens (tertiary/aromatic N) is 3. The molecule has 10 heteroatoms. The van der Waals surface area contributed by atoms with Gasteiger partial charge in [-0.05, 0) is 104 Å². The largest absolute Gasteiger partial charge is 0.491 e. The number of anilines is 2. The molecule has 196 valence electrons. The predicted octanol–water partition coefficient (Wildman–Crippen LogP) is 3.90. The first-order valence-electron chi connectivity index (χ1n) is 12.8. The minimum atomic E-state index is -0.698. The van der Waals surface area contributed by atoms with Crippen LogP contribution in [-0.4, -0.2) is 64.7 Å². The summed E-state index contributed by atoms with van der Waals surface area (Å²) in [6, 6.07) is 5.84. The molecule has 1 aromatic heterocycles. The van der Waals surface area contributed by atoms with Gasteiger partial charge in [0.1, 0.15) is 18.2 Å². The van der Waals surface area contributed by atoms with Crippen LogP contribution in [0.1, 0.15) is 50.2 Å². The van der Waals surface area contributed by atoms with Gasteiger partial charge in [0, 0.05) is 27.6 Å². The van der Waals surface area contributed by atoms with Crippen molar-refractivity contribution in [1.82, 2.24) is 9.88 Å². The highest BCUT2D eigenvalue weighted by Crippen LogP contribution is 2.47. The first kappa shape index (κ1) is 25.3. The smallest absolute Gasteiger partial charge is 0.235 e. The van der Waals surface area contributed by atoms with E-state index in [1.165, 1.54) is 0 Å². The molecule has 0 atom stereocenters.